The second-order valence-electron chi connectivity index (χ2n) is 4.50. The molecule has 22 heavy (non-hydrogen) atoms. The van der Waals surface area contributed by atoms with E-state index in [2.05, 4.69) is 5.32 Å². The fraction of sp³-hybridized carbons (Fsp3) is 0.125. The summed E-state index contributed by atoms with van der Waals surface area (Å²) in [5.41, 5.74) is 0.740. The van der Waals surface area contributed by atoms with Gasteiger partial charge in [-0.05, 0) is 31.2 Å². The van der Waals surface area contributed by atoms with Crippen molar-refractivity contribution in [1.29, 1.82) is 0 Å². The Morgan fingerprint density at radius 1 is 1.05 bits per heavy atom. The Morgan fingerprint density at radius 3 is 2.41 bits per heavy atom. The molecule has 2 rings (SSSR count). The lowest BCUT2D eigenvalue weighted by Gasteiger charge is -2.14. The van der Waals surface area contributed by atoms with Gasteiger partial charge in [-0.25, -0.2) is 4.79 Å². The lowest BCUT2D eigenvalue weighted by molar-refractivity contribution is -0.123. The zero-order valence-corrected chi connectivity index (χ0v) is 13.2. The molecule has 0 unspecified atom stereocenters. The number of carbonyl (C=O) groups excluding carboxylic acids is 2. The van der Waals surface area contributed by atoms with Crippen molar-refractivity contribution < 1.29 is 14.3 Å². The minimum atomic E-state index is -0.970. The number of hydrogen-bond acceptors (Lipinski definition) is 3. The Hall–Kier alpha value is -2.04. The van der Waals surface area contributed by atoms with Crippen LogP contribution in [0.15, 0.2) is 48.5 Å². The molecule has 0 aliphatic rings. The summed E-state index contributed by atoms with van der Waals surface area (Å²) in [5.74, 6) is -1.14. The van der Waals surface area contributed by atoms with E-state index in [-0.39, 0.29) is 15.6 Å². The van der Waals surface area contributed by atoms with Crippen LogP contribution in [0.4, 0.5) is 5.69 Å². The van der Waals surface area contributed by atoms with E-state index < -0.39 is 18.0 Å². The molecule has 0 fully saturated rings. The van der Waals surface area contributed by atoms with Crippen molar-refractivity contribution in [1.82, 2.24) is 0 Å². The highest BCUT2D eigenvalue weighted by atomic mass is 35.5. The van der Waals surface area contributed by atoms with Gasteiger partial charge in [0.25, 0.3) is 5.91 Å². The third-order valence-corrected chi connectivity index (χ3v) is 3.68. The third-order valence-electron chi connectivity index (χ3n) is 2.87. The molecule has 0 spiro atoms. The van der Waals surface area contributed by atoms with Crippen molar-refractivity contribution in [3.8, 4) is 0 Å². The number of ether oxygens (including phenoxy) is 1. The van der Waals surface area contributed by atoms with Crippen molar-refractivity contribution >= 4 is 40.8 Å². The van der Waals surface area contributed by atoms with Gasteiger partial charge in [-0.2, -0.15) is 0 Å². The maximum atomic E-state index is 12.0. The normalized spacial score (nSPS) is 11.6. The van der Waals surface area contributed by atoms with Crippen molar-refractivity contribution in [2.75, 3.05) is 5.32 Å². The zero-order valence-electron chi connectivity index (χ0n) is 11.7. The topological polar surface area (TPSA) is 55.4 Å². The predicted molar refractivity (Wildman–Crippen MR) is 86.4 cm³/mol. The molecule has 4 nitrogen and oxygen atoms in total. The van der Waals surface area contributed by atoms with E-state index in [1.54, 1.807) is 36.4 Å². The fourth-order valence-corrected chi connectivity index (χ4v) is 2.08. The first-order chi connectivity index (χ1) is 10.5. The summed E-state index contributed by atoms with van der Waals surface area (Å²) in [6.45, 7) is 1.48. The number of hydrogen-bond donors (Lipinski definition) is 1. The Kier molecular flexibility index (Phi) is 5.41. The summed E-state index contributed by atoms with van der Waals surface area (Å²) < 4.78 is 5.11. The number of para-hydroxylation sites is 1. The van der Waals surface area contributed by atoms with Crippen molar-refractivity contribution in [2.24, 2.45) is 0 Å². The molecular formula is C16H13Cl2NO3. The molecule has 2 aromatic carbocycles. The summed E-state index contributed by atoms with van der Waals surface area (Å²) in [4.78, 5) is 24.0. The highest BCUT2D eigenvalue weighted by molar-refractivity contribution is 6.43. The van der Waals surface area contributed by atoms with E-state index in [0.29, 0.717) is 5.69 Å². The number of anilines is 1. The molecule has 0 saturated heterocycles. The molecule has 0 aromatic heterocycles. The lowest BCUT2D eigenvalue weighted by atomic mass is 10.2. The molecule has 1 amide bonds. The second-order valence-corrected chi connectivity index (χ2v) is 5.29. The quantitative estimate of drug-likeness (QED) is 0.851. The zero-order chi connectivity index (χ0) is 16.1. The fourth-order valence-electron chi connectivity index (χ4n) is 1.70. The first-order valence-electron chi connectivity index (χ1n) is 6.50. The molecule has 0 aliphatic carbocycles. The lowest BCUT2D eigenvalue weighted by Crippen LogP contribution is -2.30. The van der Waals surface area contributed by atoms with Gasteiger partial charge in [-0.3, -0.25) is 4.79 Å². The standard InChI is InChI=1S/C16H13Cl2NO3/c1-10(15(20)19-11-6-3-2-4-7-11)22-16(21)12-8-5-9-13(17)14(12)18/h2-10H,1H3,(H,19,20)/t10-/m1/s1. The monoisotopic (exact) mass is 337 g/mol. The largest absolute Gasteiger partial charge is 0.449 e. The van der Waals surface area contributed by atoms with E-state index in [4.69, 9.17) is 27.9 Å². The van der Waals surface area contributed by atoms with Gasteiger partial charge in [0.1, 0.15) is 0 Å². The number of benzene rings is 2. The van der Waals surface area contributed by atoms with Gasteiger partial charge in [0.15, 0.2) is 6.10 Å². The maximum absolute atomic E-state index is 12.0. The summed E-state index contributed by atoms with van der Waals surface area (Å²) in [6, 6.07) is 13.5. The van der Waals surface area contributed by atoms with Crippen molar-refractivity contribution in [3.05, 3.63) is 64.1 Å². The summed E-state index contributed by atoms with van der Waals surface area (Å²) in [6.07, 6.45) is -0.970. The van der Waals surface area contributed by atoms with Crippen LogP contribution in [-0.4, -0.2) is 18.0 Å². The second kappa shape index (κ2) is 7.29. The summed E-state index contributed by atoms with van der Waals surface area (Å²) >= 11 is 11.8. The van der Waals surface area contributed by atoms with Crippen LogP contribution in [0.3, 0.4) is 0 Å². The molecule has 1 N–H and O–H groups in total. The van der Waals surface area contributed by atoms with Crippen LogP contribution < -0.4 is 5.32 Å². The SMILES string of the molecule is C[C@@H](OC(=O)c1cccc(Cl)c1Cl)C(=O)Nc1ccccc1. The molecular weight excluding hydrogens is 325 g/mol. The molecule has 0 bridgehead atoms. The summed E-state index contributed by atoms with van der Waals surface area (Å²) in [7, 11) is 0. The first-order valence-corrected chi connectivity index (χ1v) is 7.25. The van der Waals surface area contributed by atoms with Gasteiger partial charge in [0.2, 0.25) is 0 Å². The summed E-state index contributed by atoms with van der Waals surface area (Å²) in [5, 5.41) is 3.00. The van der Waals surface area contributed by atoms with Crippen molar-refractivity contribution in [3.63, 3.8) is 0 Å². The number of amides is 1. The molecule has 1 atom stereocenters. The van der Waals surface area contributed by atoms with E-state index in [1.807, 2.05) is 6.07 Å². The van der Waals surface area contributed by atoms with E-state index in [1.165, 1.54) is 13.0 Å². The minimum Gasteiger partial charge on any atom is -0.449 e. The number of esters is 1. The molecule has 0 radical (unpaired) electrons. The molecule has 6 heteroatoms. The van der Waals surface area contributed by atoms with Crippen LogP contribution in [0.25, 0.3) is 0 Å². The Labute approximate surface area is 138 Å². The maximum Gasteiger partial charge on any atom is 0.340 e. The van der Waals surface area contributed by atoms with Gasteiger partial charge in [0, 0.05) is 5.69 Å². The molecule has 2 aromatic rings. The van der Waals surface area contributed by atoms with Crippen LogP contribution in [-0.2, 0) is 9.53 Å². The number of carbonyl (C=O) groups is 2. The Morgan fingerprint density at radius 2 is 1.73 bits per heavy atom. The van der Waals surface area contributed by atoms with Crippen LogP contribution in [0.1, 0.15) is 17.3 Å². The number of halogens is 2. The highest BCUT2D eigenvalue weighted by Gasteiger charge is 2.21. The van der Waals surface area contributed by atoms with Gasteiger partial charge < -0.3 is 10.1 Å². The molecule has 0 aliphatic heterocycles. The van der Waals surface area contributed by atoms with Gasteiger partial charge in [-0.15, -0.1) is 0 Å². The van der Waals surface area contributed by atoms with Crippen molar-refractivity contribution in [2.45, 2.75) is 13.0 Å². The minimum absolute atomic E-state index is 0.102. The molecule has 0 saturated carbocycles. The van der Waals surface area contributed by atoms with E-state index in [9.17, 15) is 9.59 Å². The first kappa shape index (κ1) is 16.3. The van der Waals surface area contributed by atoms with E-state index in [0.717, 1.165) is 0 Å². The van der Waals surface area contributed by atoms with Crippen LogP contribution in [0.2, 0.25) is 10.0 Å². The van der Waals surface area contributed by atoms with Gasteiger partial charge in [-0.1, -0.05) is 47.5 Å². The smallest absolute Gasteiger partial charge is 0.340 e. The average molecular weight is 338 g/mol. The van der Waals surface area contributed by atoms with Crippen LogP contribution >= 0.6 is 23.2 Å². The van der Waals surface area contributed by atoms with Crippen LogP contribution in [0.5, 0.6) is 0 Å². The Bertz CT molecular complexity index is 689. The molecule has 114 valence electrons. The van der Waals surface area contributed by atoms with Gasteiger partial charge >= 0.3 is 5.97 Å². The molecule has 0 heterocycles. The predicted octanol–water partition coefficient (Wildman–Crippen LogP) is 4.18. The number of nitrogens with one attached hydrogen (secondary N) is 1. The van der Waals surface area contributed by atoms with Crippen LogP contribution in [0, 0.1) is 0 Å². The highest BCUT2D eigenvalue weighted by Crippen LogP contribution is 2.26. The average Bonchev–Trinajstić information content (AvgIpc) is 2.50. The van der Waals surface area contributed by atoms with Gasteiger partial charge in [0.05, 0.1) is 15.6 Å². The third kappa shape index (κ3) is 4.00. The number of rotatable bonds is 4. The van der Waals surface area contributed by atoms with E-state index >= 15 is 0 Å². The Balaban J connectivity index is 2.02.